The first-order chi connectivity index (χ1) is 8.59. The molecule has 94 valence electrons. The van der Waals surface area contributed by atoms with Gasteiger partial charge in [-0.2, -0.15) is 0 Å². The second kappa shape index (κ2) is 3.85. The minimum Gasteiger partial charge on any atom is -0.325 e. The molecule has 2 aromatic rings. The second-order valence-corrected chi connectivity index (χ2v) is 5.23. The molecule has 0 spiro atoms. The standard InChI is InChI=1S/C14H17N3O/c1-16-8-9-17(13(16)18)12-5-3-2-4-11(12)10-14(15)6-7-14/h2-5,8-9H,6-7,10,15H2,1H3. The quantitative estimate of drug-likeness (QED) is 0.881. The maximum Gasteiger partial charge on any atom is 0.332 e. The van der Waals surface area contributed by atoms with Crippen molar-refractivity contribution in [1.29, 1.82) is 0 Å². The summed E-state index contributed by atoms with van der Waals surface area (Å²) in [4.78, 5) is 12.0. The molecule has 1 fully saturated rings. The van der Waals surface area contributed by atoms with Gasteiger partial charge in [0.05, 0.1) is 5.69 Å². The summed E-state index contributed by atoms with van der Waals surface area (Å²) in [5, 5.41) is 0. The van der Waals surface area contributed by atoms with Gasteiger partial charge in [-0.05, 0) is 30.9 Å². The zero-order chi connectivity index (χ0) is 12.8. The van der Waals surface area contributed by atoms with Crippen LogP contribution in [-0.2, 0) is 13.5 Å². The molecule has 1 heterocycles. The first-order valence-electron chi connectivity index (χ1n) is 6.20. The maximum absolute atomic E-state index is 12.0. The van der Waals surface area contributed by atoms with E-state index in [2.05, 4.69) is 6.07 Å². The van der Waals surface area contributed by atoms with Gasteiger partial charge in [0.15, 0.2) is 0 Å². The Balaban J connectivity index is 2.06. The smallest absolute Gasteiger partial charge is 0.325 e. The lowest BCUT2D eigenvalue weighted by Gasteiger charge is -2.13. The van der Waals surface area contributed by atoms with Crippen LogP contribution in [0, 0.1) is 0 Å². The average molecular weight is 243 g/mol. The van der Waals surface area contributed by atoms with Gasteiger partial charge in [-0.1, -0.05) is 18.2 Å². The fraction of sp³-hybridized carbons (Fsp3) is 0.357. The van der Waals surface area contributed by atoms with E-state index in [9.17, 15) is 4.79 Å². The van der Waals surface area contributed by atoms with Crippen LogP contribution in [-0.4, -0.2) is 14.7 Å². The van der Waals surface area contributed by atoms with E-state index in [0.717, 1.165) is 30.5 Å². The summed E-state index contributed by atoms with van der Waals surface area (Å²) in [6, 6.07) is 7.98. The zero-order valence-corrected chi connectivity index (χ0v) is 10.5. The van der Waals surface area contributed by atoms with Gasteiger partial charge < -0.3 is 10.3 Å². The Labute approximate surface area is 106 Å². The van der Waals surface area contributed by atoms with E-state index in [1.54, 1.807) is 28.6 Å². The number of hydrogen-bond acceptors (Lipinski definition) is 2. The lowest BCUT2D eigenvalue weighted by Crippen LogP contribution is -2.27. The monoisotopic (exact) mass is 243 g/mol. The molecule has 0 radical (unpaired) electrons. The maximum atomic E-state index is 12.0. The van der Waals surface area contributed by atoms with Crippen molar-refractivity contribution in [3.05, 3.63) is 52.7 Å². The van der Waals surface area contributed by atoms with Crippen LogP contribution in [0.15, 0.2) is 41.5 Å². The minimum atomic E-state index is -0.0471. The summed E-state index contributed by atoms with van der Waals surface area (Å²) in [5.74, 6) is 0. The Kier molecular flexibility index (Phi) is 2.41. The number of rotatable bonds is 3. The first kappa shape index (κ1) is 11.3. The Hall–Kier alpha value is -1.81. The van der Waals surface area contributed by atoms with Crippen LogP contribution in [0.5, 0.6) is 0 Å². The van der Waals surface area contributed by atoms with E-state index in [1.807, 2.05) is 18.2 Å². The Morgan fingerprint density at radius 3 is 2.61 bits per heavy atom. The number of aryl methyl sites for hydroxylation is 1. The van der Waals surface area contributed by atoms with Gasteiger partial charge >= 0.3 is 5.69 Å². The van der Waals surface area contributed by atoms with E-state index < -0.39 is 0 Å². The fourth-order valence-electron chi connectivity index (χ4n) is 2.26. The van der Waals surface area contributed by atoms with Gasteiger partial charge in [0.25, 0.3) is 0 Å². The van der Waals surface area contributed by atoms with Gasteiger partial charge in [-0.25, -0.2) is 4.79 Å². The van der Waals surface area contributed by atoms with Gasteiger partial charge in [0.1, 0.15) is 0 Å². The lowest BCUT2D eigenvalue weighted by molar-refractivity contribution is 0.668. The Morgan fingerprint density at radius 1 is 1.28 bits per heavy atom. The van der Waals surface area contributed by atoms with Crippen LogP contribution in [0.2, 0.25) is 0 Å². The summed E-state index contributed by atoms with van der Waals surface area (Å²) in [5.41, 5.74) is 8.19. The van der Waals surface area contributed by atoms with Crippen LogP contribution < -0.4 is 11.4 Å². The van der Waals surface area contributed by atoms with E-state index in [1.165, 1.54) is 0 Å². The average Bonchev–Trinajstić information content (AvgIpc) is 2.99. The van der Waals surface area contributed by atoms with Crippen LogP contribution >= 0.6 is 0 Å². The van der Waals surface area contributed by atoms with Gasteiger partial charge in [0, 0.05) is 25.0 Å². The van der Waals surface area contributed by atoms with E-state index >= 15 is 0 Å². The molecule has 4 nitrogen and oxygen atoms in total. The van der Waals surface area contributed by atoms with Crippen molar-refractivity contribution < 1.29 is 0 Å². The summed E-state index contributed by atoms with van der Waals surface area (Å²) in [7, 11) is 1.76. The molecule has 0 saturated heterocycles. The van der Waals surface area contributed by atoms with Crippen molar-refractivity contribution in [2.24, 2.45) is 12.8 Å². The lowest BCUT2D eigenvalue weighted by atomic mass is 10.0. The molecule has 1 aliphatic rings. The van der Waals surface area contributed by atoms with E-state index in [4.69, 9.17) is 5.73 Å². The van der Waals surface area contributed by atoms with Crippen LogP contribution in [0.4, 0.5) is 0 Å². The number of nitrogens with zero attached hydrogens (tertiary/aromatic N) is 2. The molecule has 1 saturated carbocycles. The largest absolute Gasteiger partial charge is 0.332 e. The zero-order valence-electron chi connectivity index (χ0n) is 10.5. The molecule has 3 rings (SSSR count). The van der Waals surface area contributed by atoms with E-state index in [0.29, 0.717) is 0 Å². The highest BCUT2D eigenvalue weighted by Crippen LogP contribution is 2.36. The number of aromatic nitrogens is 2. The van der Waals surface area contributed by atoms with Crippen molar-refractivity contribution >= 4 is 0 Å². The molecule has 0 bridgehead atoms. The highest BCUT2D eigenvalue weighted by molar-refractivity contribution is 5.42. The number of imidazole rings is 1. The number of hydrogen-bond donors (Lipinski definition) is 1. The topological polar surface area (TPSA) is 52.9 Å². The fourth-order valence-corrected chi connectivity index (χ4v) is 2.26. The third-order valence-corrected chi connectivity index (χ3v) is 3.63. The number of nitrogens with two attached hydrogens (primary N) is 1. The summed E-state index contributed by atoms with van der Waals surface area (Å²) < 4.78 is 3.26. The molecular formula is C14H17N3O. The first-order valence-corrected chi connectivity index (χ1v) is 6.20. The molecule has 1 aromatic carbocycles. The highest BCUT2D eigenvalue weighted by atomic mass is 16.1. The van der Waals surface area contributed by atoms with Crippen molar-refractivity contribution in [1.82, 2.24) is 9.13 Å². The molecule has 0 unspecified atom stereocenters. The normalized spacial score (nSPS) is 16.8. The van der Waals surface area contributed by atoms with Crippen LogP contribution in [0.3, 0.4) is 0 Å². The van der Waals surface area contributed by atoms with Crippen LogP contribution in [0.1, 0.15) is 18.4 Å². The van der Waals surface area contributed by atoms with E-state index in [-0.39, 0.29) is 11.2 Å². The van der Waals surface area contributed by atoms with Crippen molar-refractivity contribution in [3.63, 3.8) is 0 Å². The number of para-hydroxylation sites is 1. The van der Waals surface area contributed by atoms with Crippen molar-refractivity contribution in [2.75, 3.05) is 0 Å². The molecule has 0 atom stereocenters. The summed E-state index contributed by atoms with van der Waals surface area (Å²) >= 11 is 0. The molecular weight excluding hydrogens is 226 g/mol. The van der Waals surface area contributed by atoms with Gasteiger partial charge in [-0.3, -0.25) is 4.57 Å². The molecule has 0 amide bonds. The predicted octanol–water partition coefficient (Wildman–Crippen LogP) is 1.21. The molecule has 0 aliphatic heterocycles. The predicted molar refractivity (Wildman–Crippen MR) is 70.9 cm³/mol. The highest BCUT2D eigenvalue weighted by Gasteiger charge is 2.38. The van der Waals surface area contributed by atoms with Crippen molar-refractivity contribution in [2.45, 2.75) is 24.8 Å². The molecule has 18 heavy (non-hydrogen) atoms. The third-order valence-electron chi connectivity index (χ3n) is 3.63. The minimum absolute atomic E-state index is 0.0238. The second-order valence-electron chi connectivity index (χ2n) is 5.23. The van der Waals surface area contributed by atoms with Gasteiger partial charge in [-0.15, -0.1) is 0 Å². The summed E-state index contributed by atoms with van der Waals surface area (Å²) in [6.07, 6.45) is 6.56. The molecule has 1 aromatic heterocycles. The molecule has 4 heteroatoms. The Morgan fingerprint density at radius 2 is 2.00 bits per heavy atom. The summed E-state index contributed by atoms with van der Waals surface area (Å²) in [6.45, 7) is 0. The Bertz CT molecular complexity index is 634. The molecule has 2 N–H and O–H groups in total. The third kappa shape index (κ3) is 1.88. The number of benzene rings is 1. The SMILES string of the molecule is Cn1ccn(-c2ccccc2CC2(N)CC2)c1=O. The van der Waals surface area contributed by atoms with Gasteiger partial charge in [0.2, 0.25) is 0 Å². The van der Waals surface area contributed by atoms with Crippen molar-refractivity contribution in [3.8, 4) is 5.69 Å². The molecule has 1 aliphatic carbocycles. The van der Waals surface area contributed by atoms with Crippen LogP contribution in [0.25, 0.3) is 5.69 Å².